The highest BCUT2D eigenvalue weighted by molar-refractivity contribution is 9.10. The van der Waals surface area contributed by atoms with Gasteiger partial charge in [-0.25, -0.2) is 4.98 Å². The van der Waals surface area contributed by atoms with Crippen LogP contribution in [0.4, 0.5) is 17.5 Å². The van der Waals surface area contributed by atoms with Crippen molar-refractivity contribution >= 4 is 33.4 Å². The zero-order valence-corrected chi connectivity index (χ0v) is 12.7. The van der Waals surface area contributed by atoms with E-state index in [1.165, 1.54) is 0 Å². The van der Waals surface area contributed by atoms with E-state index in [1.807, 2.05) is 54.6 Å². The van der Waals surface area contributed by atoms with Crippen molar-refractivity contribution in [1.82, 2.24) is 9.97 Å². The van der Waals surface area contributed by atoms with E-state index < -0.39 is 0 Å². The number of nitrogens with zero attached hydrogens (tertiary/aromatic N) is 2. The summed E-state index contributed by atoms with van der Waals surface area (Å²) < 4.78 is 0.966. The monoisotopic (exact) mass is 340 g/mol. The number of para-hydroxylation sites is 1. The van der Waals surface area contributed by atoms with E-state index in [1.54, 1.807) is 6.07 Å². The average Bonchev–Trinajstić information content (AvgIpc) is 2.48. The van der Waals surface area contributed by atoms with Crippen LogP contribution in [0.1, 0.15) is 0 Å². The molecule has 0 saturated carbocycles. The molecule has 21 heavy (non-hydrogen) atoms. The van der Waals surface area contributed by atoms with Gasteiger partial charge in [-0.1, -0.05) is 52.3 Å². The summed E-state index contributed by atoms with van der Waals surface area (Å²) in [6.45, 7) is 0. The molecular formula is C16H13BrN4. The lowest BCUT2D eigenvalue weighted by molar-refractivity contribution is 1.18. The van der Waals surface area contributed by atoms with Crippen molar-refractivity contribution in [3.8, 4) is 11.3 Å². The van der Waals surface area contributed by atoms with Crippen LogP contribution in [0.3, 0.4) is 0 Å². The van der Waals surface area contributed by atoms with Gasteiger partial charge >= 0.3 is 0 Å². The first-order valence-corrected chi connectivity index (χ1v) is 7.23. The molecule has 0 atom stereocenters. The Hall–Kier alpha value is -2.40. The standard InChI is InChI=1S/C16H13BrN4/c17-13-9-5-4-8-12(13)14-10-15(18)21-16(20-14)19-11-6-2-1-3-7-11/h1-10H,(H3,18,19,20,21). The van der Waals surface area contributed by atoms with Gasteiger partial charge in [-0.3, -0.25) is 0 Å². The molecule has 0 fully saturated rings. The fourth-order valence-electron chi connectivity index (χ4n) is 1.98. The highest BCUT2D eigenvalue weighted by Gasteiger charge is 2.08. The van der Waals surface area contributed by atoms with Gasteiger partial charge in [0.25, 0.3) is 0 Å². The lowest BCUT2D eigenvalue weighted by atomic mass is 10.1. The van der Waals surface area contributed by atoms with Crippen LogP contribution < -0.4 is 11.1 Å². The van der Waals surface area contributed by atoms with Crippen molar-refractivity contribution in [2.45, 2.75) is 0 Å². The first-order chi connectivity index (χ1) is 10.2. The summed E-state index contributed by atoms with van der Waals surface area (Å²) in [6, 6.07) is 19.4. The van der Waals surface area contributed by atoms with Crippen LogP contribution in [-0.4, -0.2) is 9.97 Å². The summed E-state index contributed by atoms with van der Waals surface area (Å²) in [5, 5.41) is 3.16. The van der Waals surface area contributed by atoms with Crippen LogP contribution >= 0.6 is 15.9 Å². The Morgan fingerprint density at radius 1 is 0.905 bits per heavy atom. The molecule has 0 aliphatic heterocycles. The molecule has 104 valence electrons. The first kappa shape index (κ1) is 13.6. The molecule has 3 aromatic rings. The summed E-state index contributed by atoms with van der Waals surface area (Å²) in [5.41, 5.74) is 8.56. The van der Waals surface area contributed by atoms with Gasteiger partial charge in [-0.15, -0.1) is 0 Å². The second-order valence-electron chi connectivity index (χ2n) is 4.47. The number of nitrogens with one attached hydrogen (secondary N) is 1. The highest BCUT2D eigenvalue weighted by Crippen LogP contribution is 2.28. The van der Waals surface area contributed by atoms with E-state index in [0.29, 0.717) is 11.8 Å². The SMILES string of the molecule is Nc1cc(-c2ccccc2Br)nc(Nc2ccccc2)n1. The van der Waals surface area contributed by atoms with Gasteiger partial charge in [-0.2, -0.15) is 4.98 Å². The van der Waals surface area contributed by atoms with Crippen LogP contribution in [-0.2, 0) is 0 Å². The van der Waals surface area contributed by atoms with Crippen molar-refractivity contribution < 1.29 is 0 Å². The molecule has 0 aliphatic rings. The third-order valence-electron chi connectivity index (χ3n) is 2.93. The molecule has 0 bridgehead atoms. The number of hydrogen-bond donors (Lipinski definition) is 2. The zero-order chi connectivity index (χ0) is 14.7. The van der Waals surface area contributed by atoms with Crippen molar-refractivity contribution in [3.05, 3.63) is 65.1 Å². The van der Waals surface area contributed by atoms with Crippen molar-refractivity contribution in [3.63, 3.8) is 0 Å². The Labute approximate surface area is 131 Å². The summed E-state index contributed by atoms with van der Waals surface area (Å²) in [5.74, 6) is 0.904. The Bertz CT molecular complexity index is 759. The fourth-order valence-corrected chi connectivity index (χ4v) is 2.47. The zero-order valence-electron chi connectivity index (χ0n) is 11.1. The van der Waals surface area contributed by atoms with Crippen LogP contribution in [0.2, 0.25) is 0 Å². The number of halogens is 1. The molecule has 1 aromatic heterocycles. The third kappa shape index (κ3) is 3.20. The molecule has 0 amide bonds. The minimum atomic E-state index is 0.425. The minimum absolute atomic E-state index is 0.425. The summed E-state index contributed by atoms with van der Waals surface area (Å²) in [4.78, 5) is 8.75. The number of rotatable bonds is 3. The number of nitrogen functional groups attached to an aromatic ring is 1. The smallest absolute Gasteiger partial charge is 0.229 e. The quantitative estimate of drug-likeness (QED) is 0.748. The molecule has 4 nitrogen and oxygen atoms in total. The normalized spacial score (nSPS) is 10.3. The minimum Gasteiger partial charge on any atom is -0.384 e. The van der Waals surface area contributed by atoms with E-state index in [9.17, 15) is 0 Å². The Kier molecular flexibility index (Phi) is 3.83. The third-order valence-corrected chi connectivity index (χ3v) is 3.62. The Balaban J connectivity index is 1.99. The van der Waals surface area contributed by atoms with Gasteiger partial charge in [0.15, 0.2) is 0 Å². The number of nitrogens with two attached hydrogens (primary N) is 1. The maximum absolute atomic E-state index is 5.89. The molecule has 3 rings (SSSR count). The molecular weight excluding hydrogens is 328 g/mol. The fraction of sp³-hybridized carbons (Fsp3) is 0. The highest BCUT2D eigenvalue weighted by atomic mass is 79.9. The van der Waals surface area contributed by atoms with Gasteiger partial charge < -0.3 is 11.1 Å². The van der Waals surface area contributed by atoms with Gasteiger partial charge in [0, 0.05) is 21.8 Å². The molecule has 3 N–H and O–H groups in total. The average molecular weight is 341 g/mol. The molecule has 5 heteroatoms. The molecule has 0 aliphatic carbocycles. The predicted molar refractivity (Wildman–Crippen MR) is 89.3 cm³/mol. The van der Waals surface area contributed by atoms with Gasteiger partial charge in [0.1, 0.15) is 5.82 Å². The summed E-state index contributed by atoms with van der Waals surface area (Å²) in [6.07, 6.45) is 0. The molecule has 2 aromatic carbocycles. The molecule has 0 unspecified atom stereocenters. The topological polar surface area (TPSA) is 63.8 Å². The first-order valence-electron chi connectivity index (χ1n) is 6.44. The number of anilines is 3. The maximum Gasteiger partial charge on any atom is 0.229 e. The van der Waals surface area contributed by atoms with E-state index in [4.69, 9.17) is 5.73 Å². The molecule has 0 radical (unpaired) electrons. The largest absolute Gasteiger partial charge is 0.384 e. The second-order valence-corrected chi connectivity index (χ2v) is 5.33. The lowest BCUT2D eigenvalue weighted by Crippen LogP contribution is -2.01. The van der Waals surface area contributed by atoms with Crippen LogP contribution in [0.5, 0.6) is 0 Å². The van der Waals surface area contributed by atoms with Crippen molar-refractivity contribution in [2.24, 2.45) is 0 Å². The van der Waals surface area contributed by atoms with E-state index >= 15 is 0 Å². The lowest BCUT2D eigenvalue weighted by Gasteiger charge is -2.09. The Morgan fingerprint density at radius 2 is 1.62 bits per heavy atom. The molecule has 1 heterocycles. The predicted octanol–water partition coefficient (Wildman–Crippen LogP) is 4.23. The second kappa shape index (κ2) is 5.93. The van der Waals surface area contributed by atoms with Gasteiger partial charge in [0.2, 0.25) is 5.95 Å². The van der Waals surface area contributed by atoms with E-state index in [0.717, 1.165) is 21.4 Å². The summed E-state index contributed by atoms with van der Waals surface area (Å²) >= 11 is 3.53. The number of benzene rings is 2. The number of aromatic nitrogens is 2. The van der Waals surface area contributed by atoms with Crippen LogP contribution in [0.15, 0.2) is 65.1 Å². The van der Waals surface area contributed by atoms with Gasteiger partial charge in [-0.05, 0) is 18.2 Å². The Morgan fingerprint density at radius 3 is 2.38 bits per heavy atom. The van der Waals surface area contributed by atoms with Crippen molar-refractivity contribution in [2.75, 3.05) is 11.1 Å². The van der Waals surface area contributed by atoms with Crippen molar-refractivity contribution in [1.29, 1.82) is 0 Å². The molecule has 0 spiro atoms. The van der Waals surface area contributed by atoms with E-state index in [-0.39, 0.29) is 0 Å². The molecule has 0 saturated heterocycles. The maximum atomic E-state index is 5.89. The number of hydrogen-bond acceptors (Lipinski definition) is 4. The van der Waals surface area contributed by atoms with Crippen LogP contribution in [0.25, 0.3) is 11.3 Å². The van der Waals surface area contributed by atoms with Crippen LogP contribution in [0, 0.1) is 0 Å². The summed E-state index contributed by atoms with van der Waals surface area (Å²) in [7, 11) is 0. The van der Waals surface area contributed by atoms with E-state index in [2.05, 4.69) is 31.2 Å². The van der Waals surface area contributed by atoms with Gasteiger partial charge in [0.05, 0.1) is 5.69 Å².